The van der Waals surface area contributed by atoms with Crippen LogP contribution < -0.4 is 10.6 Å². The molecule has 0 aliphatic rings. The standard InChI is InChI=1S/C18H13Cl2FN4O/c1-10-7-16(17(26)23-13-4-2-3-12(21)9-13)25-18(22-10)24-15-8-11(19)5-6-14(15)20/h2-9H,1H3,(H,23,26)(H,22,24,25). The van der Waals surface area contributed by atoms with Crippen molar-refractivity contribution in [1.82, 2.24) is 9.97 Å². The van der Waals surface area contributed by atoms with Crippen molar-refractivity contribution < 1.29 is 9.18 Å². The first kappa shape index (κ1) is 18.1. The number of anilines is 3. The Balaban J connectivity index is 1.85. The maximum atomic E-state index is 13.3. The molecule has 1 aromatic heterocycles. The summed E-state index contributed by atoms with van der Waals surface area (Å²) in [5.41, 5.74) is 1.55. The molecule has 0 fully saturated rings. The molecule has 0 bridgehead atoms. The van der Waals surface area contributed by atoms with Crippen molar-refractivity contribution in [1.29, 1.82) is 0 Å². The Hall–Kier alpha value is -2.70. The highest BCUT2D eigenvalue weighted by Crippen LogP contribution is 2.27. The largest absolute Gasteiger partial charge is 0.323 e. The van der Waals surface area contributed by atoms with Crippen LogP contribution in [0.5, 0.6) is 0 Å². The summed E-state index contributed by atoms with van der Waals surface area (Å²) in [5, 5.41) is 6.47. The summed E-state index contributed by atoms with van der Waals surface area (Å²) >= 11 is 12.1. The molecule has 0 saturated heterocycles. The van der Waals surface area contributed by atoms with Crippen molar-refractivity contribution in [3.63, 3.8) is 0 Å². The molecule has 0 aliphatic carbocycles. The summed E-state index contributed by atoms with van der Waals surface area (Å²) < 4.78 is 13.3. The maximum Gasteiger partial charge on any atom is 0.274 e. The van der Waals surface area contributed by atoms with Crippen molar-refractivity contribution in [2.75, 3.05) is 10.6 Å². The van der Waals surface area contributed by atoms with Gasteiger partial charge >= 0.3 is 0 Å². The lowest BCUT2D eigenvalue weighted by Crippen LogP contribution is -2.15. The maximum absolute atomic E-state index is 13.3. The molecule has 2 N–H and O–H groups in total. The van der Waals surface area contributed by atoms with Crippen LogP contribution in [-0.4, -0.2) is 15.9 Å². The van der Waals surface area contributed by atoms with Crippen LogP contribution in [0.4, 0.5) is 21.7 Å². The average Bonchev–Trinajstić information content (AvgIpc) is 2.57. The average molecular weight is 391 g/mol. The van der Waals surface area contributed by atoms with Crippen molar-refractivity contribution >= 4 is 46.4 Å². The number of rotatable bonds is 4. The molecule has 132 valence electrons. The molecular formula is C18H13Cl2FN4O. The molecular weight excluding hydrogens is 378 g/mol. The first-order chi connectivity index (χ1) is 12.4. The highest BCUT2D eigenvalue weighted by atomic mass is 35.5. The van der Waals surface area contributed by atoms with E-state index in [0.29, 0.717) is 27.1 Å². The van der Waals surface area contributed by atoms with Gasteiger partial charge < -0.3 is 10.6 Å². The number of hydrogen-bond acceptors (Lipinski definition) is 4. The number of nitrogens with one attached hydrogen (secondary N) is 2. The number of carbonyl (C=O) groups excluding carboxylic acids is 1. The van der Waals surface area contributed by atoms with E-state index in [1.807, 2.05) is 0 Å². The van der Waals surface area contributed by atoms with Gasteiger partial charge in [-0.25, -0.2) is 14.4 Å². The number of halogens is 3. The summed E-state index contributed by atoms with van der Waals surface area (Å²) in [7, 11) is 0. The van der Waals surface area contributed by atoms with Gasteiger partial charge in [0.1, 0.15) is 11.5 Å². The zero-order valence-corrected chi connectivity index (χ0v) is 15.1. The Kier molecular flexibility index (Phi) is 5.35. The highest BCUT2D eigenvalue weighted by Gasteiger charge is 2.12. The molecule has 8 heteroatoms. The van der Waals surface area contributed by atoms with Crippen molar-refractivity contribution in [3.05, 3.63) is 75.8 Å². The van der Waals surface area contributed by atoms with Crippen molar-refractivity contribution in [2.24, 2.45) is 0 Å². The molecule has 0 saturated carbocycles. The van der Waals surface area contributed by atoms with E-state index in [1.54, 1.807) is 31.2 Å². The minimum absolute atomic E-state index is 0.127. The van der Waals surface area contributed by atoms with Crippen LogP contribution in [0.15, 0.2) is 48.5 Å². The first-order valence-electron chi connectivity index (χ1n) is 7.55. The quantitative estimate of drug-likeness (QED) is 0.640. The normalized spacial score (nSPS) is 10.5. The molecule has 1 heterocycles. The van der Waals surface area contributed by atoms with E-state index in [1.165, 1.54) is 24.3 Å². The van der Waals surface area contributed by atoms with E-state index in [0.717, 1.165) is 0 Å². The summed E-state index contributed by atoms with van der Waals surface area (Å²) in [6, 6.07) is 12.0. The first-order valence-corrected chi connectivity index (χ1v) is 8.31. The second-order valence-corrected chi connectivity index (χ2v) is 6.28. The molecule has 0 radical (unpaired) electrons. The molecule has 2 aromatic carbocycles. The summed E-state index contributed by atoms with van der Waals surface area (Å²) in [6.07, 6.45) is 0. The lowest BCUT2D eigenvalue weighted by molar-refractivity contribution is 0.102. The molecule has 3 rings (SSSR count). The fourth-order valence-electron chi connectivity index (χ4n) is 2.22. The molecule has 26 heavy (non-hydrogen) atoms. The van der Waals surface area contributed by atoms with Crippen LogP contribution in [0.3, 0.4) is 0 Å². The Labute approximate surface area is 159 Å². The number of hydrogen-bond donors (Lipinski definition) is 2. The zero-order chi connectivity index (χ0) is 18.7. The van der Waals surface area contributed by atoms with Gasteiger partial charge in [-0.15, -0.1) is 0 Å². The van der Waals surface area contributed by atoms with E-state index in [-0.39, 0.29) is 11.6 Å². The van der Waals surface area contributed by atoms with Crippen LogP contribution in [0.2, 0.25) is 10.0 Å². The fourth-order valence-corrected chi connectivity index (χ4v) is 2.55. The van der Waals surface area contributed by atoms with Gasteiger partial charge in [0, 0.05) is 16.4 Å². The van der Waals surface area contributed by atoms with Crippen LogP contribution in [0, 0.1) is 12.7 Å². The van der Waals surface area contributed by atoms with Crippen LogP contribution in [-0.2, 0) is 0 Å². The van der Waals surface area contributed by atoms with Gasteiger partial charge in [-0.2, -0.15) is 0 Å². The second kappa shape index (κ2) is 7.68. The van der Waals surface area contributed by atoms with Crippen molar-refractivity contribution in [3.8, 4) is 0 Å². The van der Waals surface area contributed by atoms with E-state index in [2.05, 4.69) is 20.6 Å². The third-order valence-corrected chi connectivity index (χ3v) is 3.91. The Bertz CT molecular complexity index is 981. The Morgan fingerprint density at radius 3 is 2.65 bits per heavy atom. The van der Waals surface area contributed by atoms with Crippen LogP contribution in [0.1, 0.15) is 16.2 Å². The number of benzene rings is 2. The second-order valence-electron chi connectivity index (χ2n) is 5.43. The zero-order valence-electron chi connectivity index (χ0n) is 13.6. The van der Waals surface area contributed by atoms with Gasteiger partial charge in [-0.05, 0) is 49.4 Å². The van der Waals surface area contributed by atoms with E-state index in [9.17, 15) is 9.18 Å². The molecule has 1 amide bonds. The molecule has 0 aliphatic heterocycles. The van der Waals surface area contributed by atoms with Crippen LogP contribution >= 0.6 is 23.2 Å². The smallest absolute Gasteiger partial charge is 0.274 e. The molecule has 5 nitrogen and oxygen atoms in total. The molecule has 3 aromatic rings. The summed E-state index contributed by atoms with van der Waals surface area (Å²) in [6.45, 7) is 1.73. The topological polar surface area (TPSA) is 66.9 Å². The van der Waals surface area contributed by atoms with Gasteiger partial charge in [-0.1, -0.05) is 29.3 Å². The Morgan fingerprint density at radius 2 is 1.88 bits per heavy atom. The van der Waals surface area contributed by atoms with Gasteiger partial charge in [0.2, 0.25) is 5.95 Å². The minimum atomic E-state index is -0.485. The number of aromatic nitrogens is 2. The van der Waals surface area contributed by atoms with Gasteiger partial charge in [-0.3, -0.25) is 4.79 Å². The molecule has 0 spiro atoms. The molecule has 0 unspecified atom stereocenters. The van der Waals surface area contributed by atoms with E-state index < -0.39 is 11.7 Å². The van der Waals surface area contributed by atoms with Crippen molar-refractivity contribution in [2.45, 2.75) is 6.92 Å². The van der Waals surface area contributed by atoms with Gasteiger partial charge in [0.15, 0.2) is 0 Å². The third-order valence-electron chi connectivity index (χ3n) is 3.34. The summed E-state index contributed by atoms with van der Waals surface area (Å²) in [4.78, 5) is 20.8. The van der Waals surface area contributed by atoms with E-state index in [4.69, 9.17) is 23.2 Å². The number of aryl methyl sites for hydroxylation is 1. The summed E-state index contributed by atoms with van der Waals surface area (Å²) in [5.74, 6) is -0.737. The third kappa shape index (κ3) is 4.47. The predicted octanol–water partition coefficient (Wildman–Crippen LogP) is 5.23. The van der Waals surface area contributed by atoms with E-state index >= 15 is 0 Å². The predicted molar refractivity (Wildman–Crippen MR) is 101 cm³/mol. The van der Waals surface area contributed by atoms with Gasteiger partial charge in [0.25, 0.3) is 5.91 Å². The number of amides is 1. The Morgan fingerprint density at radius 1 is 1.08 bits per heavy atom. The number of nitrogens with zero attached hydrogens (tertiary/aromatic N) is 2. The number of carbonyl (C=O) groups is 1. The fraction of sp³-hybridized carbons (Fsp3) is 0.0556. The highest BCUT2D eigenvalue weighted by molar-refractivity contribution is 6.35. The SMILES string of the molecule is Cc1cc(C(=O)Nc2cccc(F)c2)nc(Nc2cc(Cl)ccc2Cl)n1. The van der Waals surface area contributed by atoms with Crippen LogP contribution in [0.25, 0.3) is 0 Å². The van der Waals surface area contributed by atoms with Gasteiger partial charge in [0.05, 0.1) is 10.7 Å². The lowest BCUT2D eigenvalue weighted by atomic mass is 10.2. The minimum Gasteiger partial charge on any atom is -0.323 e. The lowest BCUT2D eigenvalue weighted by Gasteiger charge is -2.10. The molecule has 0 atom stereocenters. The monoisotopic (exact) mass is 390 g/mol.